The fraction of sp³-hybridized carbons (Fsp3) is 0.192. The number of carbonyl (C=O) groups excluding carboxylic acids is 2. The van der Waals surface area contributed by atoms with E-state index in [0.29, 0.717) is 21.8 Å². The zero-order valence-corrected chi connectivity index (χ0v) is 20.0. The van der Waals surface area contributed by atoms with Crippen molar-refractivity contribution in [2.75, 3.05) is 12.4 Å². The minimum absolute atomic E-state index is 0.0338. The summed E-state index contributed by atoms with van der Waals surface area (Å²) in [5.74, 6) is -0.372. The number of nitrogens with zero attached hydrogens (tertiary/aromatic N) is 1. The second-order valence-electron chi connectivity index (χ2n) is 8.06. The van der Waals surface area contributed by atoms with Gasteiger partial charge in [-0.05, 0) is 31.0 Å². The van der Waals surface area contributed by atoms with Crippen molar-refractivity contribution in [1.82, 2.24) is 4.57 Å². The molecule has 4 aromatic rings. The number of amides is 2. The zero-order valence-electron chi connectivity index (χ0n) is 19.2. The highest BCUT2D eigenvalue weighted by Crippen LogP contribution is 2.35. The van der Waals surface area contributed by atoms with Crippen molar-refractivity contribution in [3.05, 3.63) is 81.0 Å². The average Bonchev–Trinajstić information content (AvgIpc) is 3.22. The van der Waals surface area contributed by atoms with Gasteiger partial charge in [0.25, 0.3) is 11.5 Å². The van der Waals surface area contributed by atoms with Crippen molar-refractivity contribution in [3.63, 3.8) is 0 Å². The molecule has 2 aromatic carbocycles. The number of nitrogens with one attached hydrogen (secondary N) is 1. The number of ether oxygens (including phenoxy) is 1. The summed E-state index contributed by atoms with van der Waals surface area (Å²) in [6.07, 6.45) is 0.0338. The molecule has 3 N–H and O–H groups in total. The molecule has 0 spiro atoms. The summed E-state index contributed by atoms with van der Waals surface area (Å²) in [7, 11) is 1.55. The summed E-state index contributed by atoms with van der Waals surface area (Å²) >= 11 is 1.25. The number of nitrogens with two attached hydrogens (primary N) is 1. The number of para-hydroxylation sites is 1. The van der Waals surface area contributed by atoms with E-state index in [-0.39, 0.29) is 30.0 Å². The number of benzene rings is 2. The number of carbonyl (C=O) groups is 2. The fourth-order valence-electron chi connectivity index (χ4n) is 4.00. The monoisotopic (exact) mass is 475 g/mol. The molecule has 0 aliphatic heterocycles. The highest BCUT2D eigenvalue weighted by atomic mass is 32.1. The summed E-state index contributed by atoms with van der Waals surface area (Å²) in [6, 6.07) is 14.9. The molecule has 2 heterocycles. The van der Waals surface area contributed by atoms with E-state index in [9.17, 15) is 14.4 Å². The van der Waals surface area contributed by atoms with E-state index < -0.39 is 5.91 Å². The predicted octanol–water partition coefficient (Wildman–Crippen LogP) is 4.48. The number of thiophene rings is 1. The first-order valence-corrected chi connectivity index (χ1v) is 11.6. The first-order valence-electron chi connectivity index (χ1n) is 10.8. The number of fused-ring (bicyclic) bond motifs is 1. The van der Waals surface area contributed by atoms with Gasteiger partial charge >= 0.3 is 0 Å². The molecular formula is C26H25N3O4S. The van der Waals surface area contributed by atoms with Crippen molar-refractivity contribution in [3.8, 4) is 16.9 Å². The zero-order chi connectivity index (χ0) is 24.4. The van der Waals surface area contributed by atoms with E-state index in [4.69, 9.17) is 10.5 Å². The van der Waals surface area contributed by atoms with Crippen molar-refractivity contribution in [1.29, 1.82) is 0 Å². The minimum atomic E-state index is -0.613. The van der Waals surface area contributed by atoms with Gasteiger partial charge in [-0.25, -0.2) is 0 Å². The molecule has 0 bridgehead atoms. The van der Waals surface area contributed by atoms with Gasteiger partial charge in [0.1, 0.15) is 10.8 Å². The van der Waals surface area contributed by atoms with E-state index in [0.717, 1.165) is 22.1 Å². The Morgan fingerprint density at radius 1 is 1.12 bits per heavy atom. The first kappa shape index (κ1) is 23.3. The predicted molar refractivity (Wildman–Crippen MR) is 136 cm³/mol. The van der Waals surface area contributed by atoms with Gasteiger partial charge in [0, 0.05) is 35.4 Å². The van der Waals surface area contributed by atoms with Gasteiger partial charge in [-0.2, -0.15) is 0 Å². The third-order valence-corrected chi connectivity index (χ3v) is 6.63. The molecule has 0 saturated heterocycles. The molecule has 0 aliphatic carbocycles. The number of hydrogen-bond acceptors (Lipinski definition) is 5. The van der Waals surface area contributed by atoms with Crippen molar-refractivity contribution in [2.24, 2.45) is 5.73 Å². The normalized spacial score (nSPS) is 10.9. The van der Waals surface area contributed by atoms with E-state index in [1.165, 1.54) is 11.3 Å². The molecule has 0 unspecified atom stereocenters. The second kappa shape index (κ2) is 9.52. The number of rotatable bonds is 7. The Balaban J connectivity index is 1.59. The Kier molecular flexibility index (Phi) is 6.51. The molecule has 7 nitrogen and oxygen atoms in total. The lowest BCUT2D eigenvalue weighted by atomic mass is 10.0. The van der Waals surface area contributed by atoms with Crippen LogP contribution >= 0.6 is 11.3 Å². The van der Waals surface area contributed by atoms with Gasteiger partial charge in [-0.3, -0.25) is 14.4 Å². The summed E-state index contributed by atoms with van der Waals surface area (Å²) < 4.78 is 7.01. The number of hydrogen-bond donors (Lipinski definition) is 2. The molecule has 0 aliphatic rings. The Morgan fingerprint density at radius 2 is 1.85 bits per heavy atom. The standard InChI is InChI=1S/C26H25N3O4S/c1-15-7-9-17(10-8-15)19-14-34-26(23(19)25(27)32)28-21(30)11-12-29-22(31)13-16(2)18-5-4-6-20(33-3)24(18)29/h4-10,13-14H,11-12H2,1-3H3,(H2,27,32)(H,28,30). The molecule has 8 heteroatoms. The molecular weight excluding hydrogens is 450 g/mol. The van der Waals surface area contributed by atoms with Crippen molar-refractivity contribution in [2.45, 2.75) is 26.8 Å². The van der Waals surface area contributed by atoms with Crippen LogP contribution < -0.4 is 21.3 Å². The Bertz CT molecular complexity index is 1450. The molecule has 0 atom stereocenters. The molecule has 2 aromatic heterocycles. The molecule has 0 radical (unpaired) electrons. The van der Waals surface area contributed by atoms with E-state index in [2.05, 4.69) is 5.32 Å². The number of aryl methyl sites for hydroxylation is 3. The molecule has 2 amide bonds. The molecule has 174 valence electrons. The van der Waals surface area contributed by atoms with E-state index in [1.54, 1.807) is 23.8 Å². The van der Waals surface area contributed by atoms with Gasteiger partial charge in [0.05, 0.1) is 18.2 Å². The lowest BCUT2D eigenvalue weighted by Crippen LogP contribution is -2.24. The molecule has 34 heavy (non-hydrogen) atoms. The maximum absolute atomic E-state index is 12.8. The third kappa shape index (κ3) is 4.45. The summed E-state index contributed by atoms with van der Waals surface area (Å²) in [5.41, 5.74) is 9.84. The van der Waals surface area contributed by atoms with Gasteiger partial charge in [-0.1, -0.05) is 42.0 Å². The van der Waals surface area contributed by atoms with Crippen LogP contribution in [0.2, 0.25) is 0 Å². The van der Waals surface area contributed by atoms with E-state index >= 15 is 0 Å². The van der Waals surface area contributed by atoms with Crippen LogP contribution in [-0.4, -0.2) is 23.5 Å². The smallest absolute Gasteiger partial charge is 0.252 e. The summed E-state index contributed by atoms with van der Waals surface area (Å²) in [4.78, 5) is 37.8. The molecule has 0 fully saturated rings. The number of anilines is 1. The highest BCUT2D eigenvalue weighted by molar-refractivity contribution is 7.15. The largest absolute Gasteiger partial charge is 0.495 e. The van der Waals surface area contributed by atoms with Crippen LogP contribution in [0.15, 0.2) is 58.7 Å². The van der Waals surface area contributed by atoms with Gasteiger partial charge in [0.2, 0.25) is 5.91 Å². The number of pyridine rings is 1. The SMILES string of the molecule is COc1cccc2c(C)cc(=O)n(CCC(=O)Nc3scc(-c4ccc(C)cc4)c3C(N)=O)c12. The van der Waals surface area contributed by atoms with Crippen LogP contribution in [0.1, 0.15) is 27.9 Å². The second-order valence-corrected chi connectivity index (χ2v) is 8.94. The van der Waals surface area contributed by atoms with Crippen LogP contribution in [0.25, 0.3) is 22.0 Å². The quantitative estimate of drug-likeness (QED) is 0.411. The maximum Gasteiger partial charge on any atom is 0.252 e. The van der Waals surface area contributed by atoms with Crippen LogP contribution in [0.5, 0.6) is 5.75 Å². The number of primary amides is 1. The third-order valence-electron chi connectivity index (χ3n) is 5.74. The lowest BCUT2D eigenvalue weighted by molar-refractivity contribution is -0.116. The van der Waals surface area contributed by atoms with Crippen LogP contribution in [0.3, 0.4) is 0 Å². The van der Waals surface area contributed by atoms with Gasteiger partial charge in [0.15, 0.2) is 0 Å². The Labute approximate surface area is 200 Å². The van der Waals surface area contributed by atoms with Crippen LogP contribution in [-0.2, 0) is 11.3 Å². The van der Waals surface area contributed by atoms with Crippen molar-refractivity contribution < 1.29 is 14.3 Å². The Hall–Kier alpha value is -3.91. The molecule has 0 saturated carbocycles. The van der Waals surface area contributed by atoms with Crippen LogP contribution in [0.4, 0.5) is 5.00 Å². The maximum atomic E-state index is 12.8. The number of aromatic nitrogens is 1. The highest BCUT2D eigenvalue weighted by Gasteiger charge is 2.20. The molecule has 4 rings (SSSR count). The Morgan fingerprint density at radius 3 is 2.53 bits per heavy atom. The van der Waals surface area contributed by atoms with Crippen molar-refractivity contribution >= 4 is 39.1 Å². The average molecular weight is 476 g/mol. The lowest BCUT2D eigenvalue weighted by Gasteiger charge is -2.15. The summed E-state index contributed by atoms with van der Waals surface area (Å²) in [6.45, 7) is 4.01. The number of methoxy groups -OCH3 is 1. The topological polar surface area (TPSA) is 103 Å². The summed E-state index contributed by atoms with van der Waals surface area (Å²) in [5, 5.41) is 5.89. The van der Waals surface area contributed by atoms with Crippen LogP contribution in [0, 0.1) is 13.8 Å². The van der Waals surface area contributed by atoms with E-state index in [1.807, 2.05) is 55.6 Å². The fourth-order valence-corrected chi connectivity index (χ4v) is 4.99. The van der Waals surface area contributed by atoms with Gasteiger partial charge < -0.3 is 20.4 Å². The minimum Gasteiger partial charge on any atom is -0.495 e. The van der Waals surface area contributed by atoms with Gasteiger partial charge in [-0.15, -0.1) is 11.3 Å². The first-order chi connectivity index (χ1) is 16.3.